The van der Waals surface area contributed by atoms with Crippen LogP contribution in [0.25, 0.3) is 0 Å². The van der Waals surface area contributed by atoms with Crippen LogP contribution in [-0.4, -0.2) is 18.8 Å². The van der Waals surface area contributed by atoms with Crippen molar-refractivity contribution in [1.82, 2.24) is 10.7 Å². The fourth-order valence-electron chi connectivity index (χ4n) is 0.369. The van der Waals surface area contributed by atoms with Crippen molar-refractivity contribution in [2.75, 3.05) is 6.54 Å². The van der Waals surface area contributed by atoms with Gasteiger partial charge in [-0.3, -0.25) is 5.43 Å². The second kappa shape index (κ2) is 4.02. The molecular weight excluding hydrogens is 163 g/mol. The summed E-state index contributed by atoms with van der Waals surface area (Å²) in [6, 6.07) is -0.825. The van der Waals surface area contributed by atoms with E-state index in [0.717, 1.165) is 0 Å². The monoisotopic (exact) mass is 171 g/mol. The Kier molecular flexibility index (Phi) is 3.66. The summed E-state index contributed by atoms with van der Waals surface area (Å²) in [5.41, 5.74) is 1.63. The summed E-state index contributed by atoms with van der Waals surface area (Å²) in [5, 5.41) is 1.89. The summed E-state index contributed by atoms with van der Waals surface area (Å²) in [7, 11) is 0. The molecule has 0 rings (SSSR count). The van der Waals surface area contributed by atoms with Crippen molar-refractivity contribution in [3.8, 4) is 0 Å². The van der Waals surface area contributed by atoms with Gasteiger partial charge in [-0.1, -0.05) is 0 Å². The van der Waals surface area contributed by atoms with Crippen LogP contribution in [-0.2, 0) is 0 Å². The van der Waals surface area contributed by atoms with Gasteiger partial charge in [0.2, 0.25) is 0 Å². The molecular formula is C4H8F3N3O. The third kappa shape index (κ3) is 6.91. The summed E-state index contributed by atoms with van der Waals surface area (Å²) < 4.78 is 34.2. The van der Waals surface area contributed by atoms with E-state index in [-0.39, 0.29) is 0 Å². The number of urea groups is 1. The topological polar surface area (TPSA) is 67.1 Å². The van der Waals surface area contributed by atoms with Gasteiger partial charge in [0.15, 0.2) is 0 Å². The first-order valence-electron chi connectivity index (χ1n) is 2.77. The van der Waals surface area contributed by atoms with Crippen molar-refractivity contribution in [3.05, 3.63) is 0 Å². The van der Waals surface area contributed by atoms with E-state index in [0.29, 0.717) is 0 Å². The highest BCUT2D eigenvalue weighted by Gasteiger charge is 2.26. The van der Waals surface area contributed by atoms with Crippen LogP contribution in [0.5, 0.6) is 0 Å². The third-order valence-corrected chi connectivity index (χ3v) is 0.825. The fourth-order valence-corrected chi connectivity index (χ4v) is 0.369. The van der Waals surface area contributed by atoms with E-state index in [1.165, 1.54) is 0 Å². The predicted octanol–water partition coefficient (Wildman–Crippen LogP) is 0.112. The van der Waals surface area contributed by atoms with E-state index < -0.39 is 25.2 Å². The first-order valence-corrected chi connectivity index (χ1v) is 2.77. The van der Waals surface area contributed by atoms with Crippen LogP contribution in [0.15, 0.2) is 0 Å². The van der Waals surface area contributed by atoms with Crippen molar-refractivity contribution >= 4 is 6.03 Å². The Morgan fingerprint density at radius 3 is 2.36 bits per heavy atom. The molecule has 7 heteroatoms. The number of nitrogens with one attached hydrogen (secondary N) is 2. The van der Waals surface area contributed by atoms with Crippen LogP contribution in [0.4, 0.5) is 18.0 Å². The van der Waals surface area contributed by atoms with Crippen molar-refractivity contribution < 1.29 is 18.0 Å². The molecule has 0 aromatic carbocycles. The normalized spacial score (nSPS) is 10.9. The summed E-state index contributed by atoms with van der Waals surface area (Å²) in [5.74, 6) is 4.58. The van der Waals surface area contributed by atoms with Gasteiger partial charge in [-0.15, -0.1) is 0 Å². The molecule has 11 heavy (non-hydrogen) atoms. The average molecular weight is 171 g/mol. The molecule has 0 aromatic heterocycles. The summed E-state index contributed by atoms with van der Waals surface area (Å²) in [6.07, 6.45) is -5.30. The van der Waals surface area contributed by atoms with E-state index in [4.69, 9.17) is 0 Å². The SMILES string of the molecule is NNC(=O)NCCC(F)(F)F. The Labute approximate surface area is 60.9 Å². The minimum atomic E-state index is -4.25. The molecule has 4 nitrogen and oxygen atoms in total. The highest BCUT2D eigenvalue weighted by Crippen LogP contribution is 2.17. The zero-order valence-corrected chi connectivity index (χ0v) is 5.53. The lowest BCUT2D eigenvalue weighted by Gasteiger charge is -2.06. The van der Waals surface area contributed by atoms with E-state index in [2.05, 4.69) is 5.84 Å². The first-order chi connectivity index (χ1) is 4.95. The molecule has 0 aromatic rings. The van der Waals surface area contributed by atoms with Crippen LogP contribution in [0.3, 0.4) is 0 Å². The van der Waals surface area contributed by atoms with Crippen molar-refractivity contribution in [2.45, 2.75) is 12.6 Å². The molecule has 0 aliphatic heterocycles. The van der Waals surface area contributed by atoms with Gasteiger partial charge < -0.3 is 5.32 Å². The van der Waals surface area contributed by atoms with Crippen molar-refractivity contribution in [3.63, 3.8) is 0 Å². The maximum atomic E-state index is 11.4. The number of alkyl halides is 3. The van der Waals surface area contributed by atoms with Gasteiger partial charge in [-0.05, 0) is 0 Å². The van der Waals surface area contributed by atoms with E-state index >= 15 is 0 Å². The number of carbonyl (C=O) groups is 1. The molecule has 66 valence electrons. The Morgan fingerprint density at radius 1 is 1.45 bits per heavy atom. The predicted molar refractivity (Wildman–Crippen MR) is 31.4 cm³/mol. The van der Waals surface area contributed by atoms with E-state index in [1.807, 2.05) is 5.32 Å². The van der Waals surface area contributed by atoms with Gasteiger partial charge in [-0.25, -0.2) is 10.6 Å². The maximum absolute atomic E-state index is 11.4. The summed E-state index contributed by atoms with van der Waals surface area (Å²) >= 11 is 0. The van der Waals surface area contributed by atoms with Gasteiger partial charge >= 0.3 is 12.2 Å². The van der Waals surface area contributed by atoms with Crippen molar-refractivity contribution in [2.24, 2.45) is 5.84 Å². The lowest BCUT2D eigenvalue weighted by atomic mass is 10.4. The number of rotatable bonds is 2. The molecule has 0 unspecified atom stereocenters. The molecule has 0 saturated carbocycles. The van der Waals surface area contributed by atoms with Crippen LogP contribution < -0.4 is 16.6 Å². The number of hydrogen-bond donors (Lipinski definition) is 3. The number of hydrogen-bond acceptors (Lipinski definition) is 2. The number of hydrazine groups is 1. The Morgan fingerprint density at radius 2 is 2.00 bits per heavy atom. The van der Waals surface area contributed by atoms with Crippen LogP contribution in [0.2, 0.25) is 0 Å². The number of amides is 2. The average Bonchev–Trinajstić information content (AvgIpc) is 1.85. The van der Waals surface area contributed by atoms with Gasteiger partial charge in [-0.2, -0.15) is 13.2 Å². The zero-order valence-electron chi connectivity index (χ0n) is 5.53. The molecule has 0 saturated heterocycles. The highest BCUT2D eigenvalue weighted by molar-refractivity contribution is 5.72. The third-order valence-electron chi connectivity index (χ3n) is 0.825. The number of carbonyl (C=O) groups excluding carboxylic acids is 1. The molecule has 0 radical (unpaired) electrons. The summed E-state index contributed by atoms with van der Waals surface area (Å²) in [4.78, 5) is 10.2. The molecule has 2 amide bonds. The van der Waals surface area contributed by atoms with Gasteiger partial charge in [0.1, 0.15) is 0 Å². The fraction of sp³-hybridized carbons (Fsp3) is 0.750. The smallest absolute Gasteiger partial charge is 0.337 e. The Hall–Kier alpha value is -0.980. The second-order valence-electron chi connectivity index (χ2n) is 1.77. The molecule has 0 aliphatic rings. The largest absolute Gasteiger partial charge is 0.390 e. The lowest BCUT2D eigenvalue weighted by Crippen LogP contribution is -2.41. The Balaban J connectivity index is 3.35. The maximum Gasteiger partial charge on any atom is 0.390 e. The van der Waals surface area contributed by atoms with E-state index in [1.54, 1.807) is 5.43 Å². The van der Waals surface area contributed by atoms with Crippen LogP contribution >= 0.6 is 0 Å². The molecule has 0 atom stereocenters. The van der Waals surface area contributed by atoms with E-state index in [9.17, 15) is 18.0 Å². The highest BCUT2D eigenvalue weighted by atomic mass is 19.4. The number of nitrogens with two attached hydrogens (primary N) is 1. The van der Waals surface area contributed by atoms with Crippen LogP contribution in [0.1, 0.15) is 6.42 Å². The first kappa shape index (κ1) is 10.0. The molecule has 0 aliphatic carbocycles. The van der Waals surface area contributed by atoms with Gasteiger partial charge in [0, 0.05) is 6.54 Å². The molecule has 0 fully saturated rings. The lowest BCUT2D eigenvalue weighted by molar-refractivity contribution is -0.132. The minimum Gasteiger partial charge on any atom is -0.337 e. The van der Waals surface area contributed by atoms with Gasteiger partial charge in [0.05, 0.1) is 6.42 Å². The molecule has 0 heterocycles. The van der Waals surface area contributed by atoms with Gasteiger partial charge in [0.25, 0.3) is 0 Å². The Bertz CT molecular complexity index is 135. The number of halogens is 3. The summed E-state index contributed by atoms with van der Waals surface area (Å²) in [6.45, 7) is -0.466. The quantitative estimate of drug-likeness (QED) is 0.313. The van der Waals surface area contributed by atoms with Crippen molar-refractivity contribution in [1.29, 1.82) is 0 Å². The minimum absolute atomic E-state index is 0.466. The molecule has 0 spiro atoms. The van der Waals surface area contributed by atoms with Crippen LogP contribution in [0, 0.1) is 0 Å². The standard InChI is InChI=1S/C4H8F3N3O/c5-4(6,7)1-2-9-3(11)10-8/h1-2,8H2,(H2,9,10,11). The molecule has 0 bridgehead atoms. The second-order valence-corrected chi connectivity index (χ2v) is 1.77. The zero-order chi connectivity index (χ0) is 8.91. The molecule has 4 N–H and O–H groups in total.